The van der Waals surface area contributed by atoms with Gasteiger partial charge in [0, 0.05) is 17.7 Å². The topological polar surface area (TPSA) is 12.0 Å². The minimum atomic E-state index is -0.516. The minimum absolute atomic E-state index is 0.0469. The average Bonchev–Trinajstić information content (AvgIpc) is 2.51. The van der Waals surface area contributed by atoms with Gasteiger partial charge < -0.3 is 5.32 Å². The van der Waals surface area contributed by atoms with Crippen LogP contribution >= 0.6 is 0 Å². The second-order valence-corrected chi connectivity index (χ2v) is 3.97. The monoisotopic (exact) mass is 197 g/mol. The van der Waals surface area contributed by atoms with Crippen molar-refractivity contribution in [3.05, 3.63) is 35.4 Å². The Kier molecular flexibility index (Phi) is 2.50. The molecule has 1 heterocycles. The highest BCUT2D eigenvalue weighted by Crippen LogP contribution is 2.28. The van der Waals surface area contributed by atoms with Crippen molar-refractivity contribution in [1.82, 2.24) is 5.32 Å². The summed E-state index contributed by atoms with van der Waals surface area (Å²) >= 11 is 0. The lowest BCUT2D eigenvalue weighted by molar-refractivity contribution is 0.534. The van der Waals surface area contributed by atoms with E-state index in [9.17, 15) is 8.78 Å². The van der Waals surface area contributed by atoms with Crippen molar-refractivity contribution < 1.29 is 8.78 Å². The molecule has 0 aliphatic carbocycles. The van der Waals surface area contributed by atoms with Gasteiger partial charge in [0.2, 0.25) is 0 Å². The van der Waals surface area contributed by atoms with Gasteiger partial charge in [-0.1, -0.05) is 13.0 Å². The van der Waals surface area contributed by atoms with Crippen molar-refractivity contribution in [3.63, 3.8) is 0 Å². The van der Waals surface area contributed by atoms with E-state index in [1.165, 1.54) is 12.1 Å². The SMILES string of the molecule is C[C@@H]1CN[C@@H](c2ccc(F)cc2F)C1. The molecule has 14 heavy (non-hydrogen) atoms. The molecule has 1 aromatic rings. The van der Waals surface area contributed by atoms with Gasteiger partial charge in [-0.2, -0.15) is 0 Å². The van der Waals surface area contributed by atoms with Crippen LogP contribution in [0.15, 0.2) is 18.2 Å². The quantitative estimate of drug-likeness (QED) is 0.729. The third-order valence-corrected chi connectivity index (χ3v) is 2.69. The first kappa shape index (κ1) is 9.59. The summed E-state index contributed by atoms with van der Waals surface area (Å²) < 4.78 is 26.0. The molecule has 1 aromatic carbocycles. The lowest BCUT2D eigenvalue weighted by Gasteiger charge is -2.11. The first-order valence-corrected chi connectivity index (χ1v) is 4.85. The third-order valence-electron chi connectivity index (χ3n) is 2.69. The molecule has 3 heteroatoms. The maximum absolute atomic E-state index is 13.3. The largest absolute Gasteiger partial charge is 0.310 e. The molecule has 0 radical (unpaired) electrons. The summed E-state index contributed by atoms with van der Waals surface area (Å²) in [5, 5.41) is 3.22. The molecule has 0 spiro atoms. The first-order valence-electron chi connectivity index (χ1n) is 4.85. The molecule has 2 rings (SSSR count). The number of halogens is 2. The van der Waals surface area contributed by atoms with Crippen LogP contribution in [0.2, 0.25) is 0 Å². The Bertz CT molecular complexity index is 338. The van der Waals surface area contributed by atoms with Gasteiger partial charge in [0.1, 0.15) is 11.6 Å². The van der Waals surface area contributed by atoms with Gasteiger partial charge in [-0.15, -0.1) is 0 Å². The molecule has 0 aromatic heterocycles. The summed E-state index contributed by atoms with van der Waals surface area (Å²) in [6.07, 6.45) is 0.919. The predicted octanol–water partition coefficient (Wildman–Crippen LogP) is 2.64. The van der Waals surface area contributed by atoms with Crippen molar-refractivity contribution in [1.29, 1.82) is 0 Å². The summed E-state index contributed by atoms with van der Waals surface area (Å²) in [4.78, 5) is 0. The maximum Gasteiger partial charge on any atom is 0.130 e. The zero-order valence-electron chi connectivity index (χ0n) is 8.06. The normalized spacial score (nSPS) is 26.8. The van der Waals surface area contributed by atoms with Crippen molar-refractivity contribution in [2.24, 2.45) is 5.92 Å². The van der Waals surface area contributed by atoms with Crippen LogP contribution in [-0.2, 0) is 0 Å². The molecular weight excluding hydrogens is 184 g/mol. The fourth-order valence-electron chi connectivity index (χ4n) is 1.93. The molecule has 0 saturated carbocycles. The van der Waals surface area contributed by atoms with Gasteiger partial charge >= 0.3 is 0 Å². The van der Waals surface area contributed by atoms with Crippen LogP contribution in [0, 0.1) is 17.6 Å². The van der Waals surface area contributed by atoms with Crippen LogP contribution in [0.3, 0.4) is 0 Å². The van der Waals surface area contributed by atoms with Crippen LogP contribution < -0.4 is 5.32 Å². The van der Waals surface area contributed by atoms with E-state index < -0.39 is 11.6 Å². The molecule has 2 atom stereocenters. The van der Waals surface area contributed by atoms with Gasteiger partial charge in [0.15, 0.2) is 0 Å². The second-order valence-electron chi connectivity index (χ2n) is 3.97. The zero-order valence-corrected chi connectivity index (χ0v) is 8.06. The van der Waals surface area contributed by atoms with E-state index in [1.807, 2.05) is 0 Å². The number of rotatable bonds is 1. The molecule has 1 fully saturated rings. The van der Waals surface area contributed by atoms with Crippen molar-refractivity contribution in [2.45, 2.75) is 19.4 Å². The predicted molar refractivity (Wildman–Crippen MR) is 50.9 cm³/mol. The molecule has 0 amide bonds. The van der Waals surface area contributed by atoms with Crippen LogP contribution in [0.25, 0.3) is 0 Å². The van der Waals surface area contributed by atoms with Gasteiger partial charge in [0.25, 0.3) is 0 Å². The molecule has 1 aliphatic heterocycles. The molecule has 1 nitrogen and oxygen atoms in total. The number of hydrogen-bond donors (Lipinski definition) is 1. The van der Waals surface area contributed by atoms with Crippen LogP contribution in [0.1, 0.15) is 24.9 Å². The van der Waals surface area contributed by atoms with Crippen LogP contribution in [0.5, 0.6) is 0 Å². The zero-order chi connectivity index (χ0) is 10.1. The van der Waals surface area contributed by atoms with E-state index in [0.29, 0.717) is 11.5 Å². The van der Waals surface area contributed by atoms with Gasteiger partial charge in [-0.05, 0) is 24.9 Å². The van der Waals surface area contributed by atoms with Gasteiger partial charge in [-0.25, -0.2) is 8.78 Å². The lowest BCUT2D eigenvalue weighted by Crippen LogP contribution is -2.14. The van der Waals surface area contributed by atoms with E-state index in [0.717, 1.165) is 19.0 Å². The Morgan fingerprint density at radius 3 is 2.71 bits per heavy atom. The average molecular weight is 197 g/mol. The number of hydrogen-bond acceptors (Lipinski definition) is 1. The molecule has 1 N–H and O–H groups in total. The smallest absolute Gasteiger partial charge is 0.130 e. The molecule has 1 aliphatic rings. The second kappa shape index (κ2) is 3.65. The van der Waals surface area contributed by atoms with Gasteiger partial charge in [-0.3, -0.25) is 0 Å². The Morgan fingerprint density at radius 2 is 2.14 bits per heavy atom. The van der Waals surface area contributed by atoms with Gasteiger partial charge in [0.05, 0.1) is 0 Å². The molecule has 0 bridgehead atoms. The summed E-state index contributed by atoms with van der Waals surface area (Å²) in [6, 6.07) is 3.83. The first-order chi connectivity index (χ1) is 6.66. The van der Waals surface area contributed by atoms with Crippen LogP contribution in [0.4, 0.5) is 8.78 Å². The van der Waals surface area contributed by atoms with Crippen molar-refractivity contribution >= 4 is 0 Å². The third kappa shape index (κ3) is 1.77. The molecule has 76 valence electrons. The summed E-state index contributed by atoms with van der Waals surface area (Å²) in [7, 11) is 0. The summed E-state index contributed by atoms with van der Waals surface area (Å²) in [5.74, 6) is -0.404. The van der Waals surface area contributed by atoms with E-state index >= 15 is 0 Å². The molecule has 0 unspecified atom stereocenters. The van der Waals surface area contributed by atoms with E-state index in [2.05, 4.69) is 12.2 Å². The van der Waals surface area contributed by atoms with Crippen LogP contribution in [-0.4, -0.2) is 6.54 Å². The highest BCUT2D eigenvalue weighted by molar-refractivity contribution is 5.23. The Labute approximate surface area is 82.1 Å². The lowest BCUT2D eigenvalue weighted by atomic mass is 10.0. The van der Waals surface area contributed by atoms with E-state index in [1.54, 1.807) is 0 Å². The molecule has 1 saturated heterocycles. The van der Waals surface area contributed by atoms with E-state index in [-0.39, 0.29) is 6.04 Å². The van der Waals surface area contributed by atoms with Crippen molar-refractivity contribution in [3.8, 4) is 0 Å². The maximum atomic E-state index is 13.3. The fraction of sp³-hybridized carbons (Fsp3) is 0.455. The Balaban J connectivity index is 2.24. The Hall–Kier alpha value is -0.960. The highest BCUT2D eigenvalue weighted by atomic mass is 19.1. The summed E-state index contributed by atoms with van der Waals surface area (Å²) in [5.41, 5.74) is 0.579. The minimum Gasteiger partial charge on any atom is -0.310 e. The number of nitrogens with one attached hydrogen (secondary N) is 1. The van der Waals surface area contributed by atoms with E-state index in [4.69, 9.17) is 0 Å². The standard InChI is InChI=1S/C11H13F2N/c1-7-4-11(14-6-7)9-3-2-8(12)5-10(9)13/h2-3,5,7,11,14H,4,6H2,1H3/t7-,11+/m0/s1. The molecular formula is C11H13F2N. The summed E-state index contributed by atoms with van der Waals surface area (Å²) in [6.45, 7) is 3.02. The van der Waals surface area contributed by atoms with Crippen molar-refractivity contribution in [2.75, 3.05) is 6.54 Å². The highest BCUT2D eigenvalue weighted by Gasteiger charge is 2.24. The fourth-order valence-corrected chi connectivity index (χ4v) is 1.93. The number of benzene rings is 1. The Morgan fingerprint density at radius 1 is 1.36 bits per heavy atom.